The number of aryl methyl sites for hydroxylation is 1. The maximum Gasteiger partial charge on any atom is 0.375 e. The van der Waals surface area contributed by atoms with Gasteiger partial charge in [0.05, 0.1) is 19.3 Å². The summed E-state index contributed by atoms with van der Waals surface area (Å²) >= 11 is 12.4. The van der Waals surface area contributed by atoms with Crippen molar-refractivity contribution in [1.29, 1.82) is 0 Å². The second-order valence-corrected chi connectivity index (χ2v) is 6.97. The van der Waals surface area contributed by atoms with Crippen LogP contribution in [0.3, 0.4) is 0 Å². The highest BCUT2D eigenvalue weighted by atomic mass is 35.5. The van der Waals surface area contributed by atoms with Crippen LogP contribution in [-0.4, -0.2) is 37.6 Å². The van der Waals surface area contributed by atoms with Gasteiger partial charge in [-0.2, -0.15) is 10.2 Å². The van der Waals surface area contributed by atoms with Gasteiger partial charge in [-0.15, -0.1) is 0 Å². The third-order valence-corrected chi connectivity index (χ3v) is 5.04. The molecule has 0 N–H and O–H groups in total. The zero-order valence-electron chi connectivity index (χ0n) is 15.1. The maximum atomic E-state index is 11.9. The van der Waals surface area contributed by atoms with Gasteiger partial charge in [0.15, 0.2) is 0 Å². The van der Waals surface area contributed by atoms with Crippen LogP contribution in [-0.2, 0) is 18.3 Å². The van der Waals surface area contributed by atoms with Crippen LogP contribution in [0.1, 0.15) is 16.3 Å². The molecule has 4 rings (SSSR count). The van der Waals surface area contributed by atoms with Gasteiger partial charge in [0.1, 0.15) is 11.8 Å². The molecule has 2 aromatic heterocycles. The number of nitrogens with zero attached hydrogens (tertiary/aromatic N) is 5. The molecule has 9 heteroatoms. The molecule has 2 heterocycles. The molecule has 0 bridgehead atoms. The van der Waals surface area contributed by atoms with E-state index in [1.807, 2.05) is 31.3 Å². The fourth-order valence-corrected chi connectivity index (χ4v) is 3.66. The third-order valence-electron chi connectivity index (χ3n) is 4.49. The number of halogens is 2. The van der Waals surface area contributed by atoms with E-state index in [-0.39, 0.29) is 5.82 Å². The van der Waals surface area contributed by atoms with E-state index in [0.717, 1.165) is 27.7 Å². The summed E-state index contributed by atoms with van der Waals surface area (Å²) in [4.78, 5) is 15.9. The van der Waals surface area contributed by atoms with Crippen molar-refractivity contribution in [2.45, 2.75) is 6.54 Å². The number of fused-ring (bicyclic) bond motifs is 1. The Hall–Kier alpha value is -2.90. The molecule has 28 heavy (non-hydrogen) atoms. The average Bonchev–Trinajstić information content (AvgIpc) is 3.26. The number of aromatic nitrogens is 5. The summed E-state index contributed by atoms with van der Waals surface area (Å²) in [7, 11) is 3.15. The number of carbonyl (C=O) groups is 1. The minimum absolute atomic E-state index is 0.133. The molecule has 142 valence electrons. The number of benzene rings is 2. The van der Waals surface area contributed by atoms with E-state index in [2.05, 4.69) is 15.2 Å². The fourth-order valence-electron chi connectivity index (χ4n) is 3.15. The summed E-state index contributed by atoms with van der Waals surface area (Å²) in [5.74, 6) is -0.411. The van der Waals surface area contributed by atoms with Crippen molar-refractivity contribution in [2.24, 2.45) is 7.05 Å². The number of hydrogen-bond donors (Lipinski definition) is 0. The van der Waals surface area contributed by atoms with Crippen molar-refractivity contribution in [3.63, 3.8) is 0 Å². The summed E-state index contributed by atoms with van der Waals surface area (Å²) in [6, 6.07) is 11.3. The fraction of sp³-hybridized carbons (Fsp3) is 0.158. The monoisotopic (exact) mass is 415 g/mol. The Labute approximate surface area is 170 Å². The molecular formula is C19H15Cl2N5O2. The predicted molar refractivity (Wildman–Crippen MR) is 107 cm³/mol. The van der Waals surface area contributed by atoms with Gasteiger partial charge < -0.3 is 4.74 Å². The van der Waals surface area contributed by atoms with Crippen molar-refractivity contribution >= 4 is 40.1 Å². The van der Waals surface area contributed by atoms with Crippen LogP contribution in [0.2, 0.25) is 10.0 Å². The van der Waals surface area contributed by atoms with E-state index < -0.39 is 5.97 Å². The zero-order chi connectivity index (χ0) is 19.8. The smallest absolute Gasteiger partial charge is 0.375 e. The van der Waals surface area contributed by atoms with Gasteiger partial charge in [0, 0.05) is 33.6 Å². The van der Waals surface area contributed by atoms with Crippen molar-refractivity contribution in [1.82, 2.24) is 24.5 Å². The highest BCUT2D eigenvalue weighted by molar-refractivity contribution is 6.36. The normalized spacial score (nSPS) is 11.1. The first-order valence-electron chi connectivity index (χ1n) is 8.35. The number of methoxy groups -OCH3 is 1. The molecule has 0 atom stereocenters. The number of hydrogen-bond acceptors (Lipinski definition) is 5. The van der Waals surface area contributed by atoms with Crippen molar-refractivity contribution in [3.05, 3.63) is 64.3 Å². The molecular weight excluding hydrogens is 401 g/mol. The molecule has 0 aliphatic rings. The molecule has 0 radical (unpaired) electrons. The highest BCUT2D eigenvalue weighted by Crippen LogP contribution is 2.35. The number of carbonyl (C=O) groups excluding carboxylic acids is 1. The van der Waals surface area contributed by atoms with E-state index in [1.54, 1.807) is 16.8 Å². The van der Waals surface area contributed by atoms with Gasteiger partial charge in [-0.3, -0.25) is 4.68 Å². The van der Waals surface area contributed by atoms with Crippen LogP contribution < -0.4 is 0 Å². The van der Waals surface area contributed by atoms with E-state index >= 15 is 0 Å². The maximum absolute atomic E-state index is 11.9. The lowest BCUT2D eigenvalue weighted by Crippen LogP contribution is -2.15. The Morgan fingerprint density at radius 1 is 1.18 bits per heavy atom. The second-order valence-electron chi connectivity index (χ2n) is 6.13. The van der Waals surface area contributed by atoms with E-state index in [0.29, 0.717) is 16.6 Å². The highest BCUT2D eigenvalue weighted by Gasteiger charge is 2.19. The van der Waals surface area contributed by atoms with Crippen molar-refractivity contribution in [2.75, 3.05) is 7.11 Å². The summed E-state index contributed by atoms with van der Waals surface area (Å²) in [5, 5.41) is 10.9. The Kier molecular flexibility index (Phi) is 4.78. The molecule has 0 amide bonds. The van der Waals surface area contributed by atoms with Crippen LogP contribution in [0.4, 0.5) is 0 Å². The van der Waals surface area contributed by atoms with E-state index in [9.17, 15) is 4.79 Å². The lowest BCUT2D eigenvalue weighted by Gasteiger charge is -2.07. The van der Waals surface area contributed by atoms with Crippen molar-refractivity contribution < 1.29 is 9.53 Å². The Morgan fingerprint density at radius 2 is 2.00 bits per heavy atom. The Morgan fingerprint density at radius 3 is 2.75 bits per heavy atom. The lowest BCUT2D eigenvalue weighted by atomic mass is 10.0. The van der Waals surface area contributed by atoms with Crippen LogP contribution in [0.5, 0.6) is 0 Å². The molecule has 0 spiro atoms. The first-order valence-corrected chi connectivity index (χ1v) is 9.11. The molecule has 0 unspecified atom stereocenters. The van der Waals surface area contributed by atoms with Crippen LogP contribution in [0.25, 0.3) is 22.0 Å². The molecule has 0 saturated carbocycles. The molecule has 0 aliphatic carbocycles. The molecule has 0 saturated heterocycles. The van der Waals surface area contributed by atoms with E-state index in [4.69, 9.17) is 27.9 Å². The lowest BCUT2D eigenvalue weighted by molar-refractivity contribution is 0.0580. The average molecular weight is 416 g/mol. The second kappa shape index (κ2) is 7.26. The Balaban J connectivity index is 1.83. The molecule has 0 aliphatic heterocycles. The largest absolute Gasteiger partial charge is 0.463 e. The van der Waals surface area contributed by atoms with Gasteiger partial charge in [-0.05, 0) is 12.1 Å². The molecule has 4 aromatic rings. The standard InChI is InChI=1S/C19H15Cl2N5O2/c1-25-16(9-26-18(19(27)28-2)22-10-23-26)14-5-3-4-13(17(14)24-25)12-7-6-11(20)8-15(12)21/h3-8,10H,9H2,1-2H3. The van der Waals surface area contributed by atoms with Gasteiger partial charge in [-0.1, -0.05) is 47.5 Å². The van der Waals surface area contributed by atoms with Crippen LogP contribution in [0, 0.1) is 0 Å². The Bertz CT molecular complexity index is 1200. The van der Waals surface area contributed by atoms with Gasteiger partial charge in [-0.25, -0.2) is 14.5 Å². The zero-order valence-corrected chi connectivity index (χ0v) is 16.6. The number of rotatable bonds is 4. The summed E-state index contributed by atoms with van der Waals surface area (Å²) < 4.78 is 8.02. The van der Waals surface area contributed by atoms with E-state index in [1.165, 1.54) is 18.1 Å². The van der Waals surface area contributed by atoms with Gasteiger partial charge in [0.2, 0.25) is 5.82 Å². The molecule has 2 aromatic carbocycles. The SMILES string of the molecule is COC(=O)c1ncnn1Cc1c2cccc(-c3ccc(Cl)cc3Cl)c2nn1C. The minimum atomic E-state index is -0.544. The number of esters is 1. The predicted octanol–water partition coefficient (Wildman–Crippen LogP) is 3.97. The summed E-state index contributed by atoms with van der Waals surface area (Å²) in [6.07, 6.45) is 1.32. The number of ether oxygens (including phenoxy) is 1. The first kappa shape index (κ1) is 18.5. The summed E-state index contributed by atoms with van der Waals surface area (Å²) in [6.45, 7) is 0.315. The minimum Gasteiger partial charge on any atom is -0.463 e. The van der Waals surface area contributed by atoms with Crippen molar-refractivity contribution in [3.8, 4) is 11.1 Å². The quantitative estimate of drug-likeness (QED) is 0.471. The third kappa shape index (κ3) is 3.12. The van der Waals surface area contributed by atoms with Gasteiger partial charge in [0.25, 0.3) is 0 Å². The first-order chi connectivity index (χ1) is 13.5. The topological polar surface area (TPSA) is 74.8 Å². The summed E-state index contributed by atoms with van der Waals surface area (Å²) in [5.41, 5.74) is 3.41. The molecule has 0 fully saturated rings. The van der Waals surface area contributed by atoms with Crippen LogP contribution >= 0.6 is 23.2 Å². The van der Waals surface area contributed by atoms with Crippen LogP contribution in [0.15, 0.2) is 42.7 Å². The van der Waals surface area contributed by atoms with Gasteiger partial charge >= 0.3 is 5.97 Å². The molecule has 7 nitrogen and oxygen atoms in total.